The van der Waals surface area contributed by atoms with Crippen molar-refractivity contribution in [3.05, 3.63) is 0 Å². The zero-order chi connectivity index (χ0) is 26.9. The van der Waals surface area contributed by atoms with Crippen LogP contribution in [-0.2, 0) is 29.5 Å². The monoisotopic (exact) mass is 558 g/mol. The highest BCUT2D eigenvalue weighted by Crippen LogP contribution is 2.35. The summed E-state index contributed by atoms with van der Waals surface area (Å²) in [7, 11) is -9.59. The van der Waals surface area contributed by atoms with Gasteiger partial charge in [0.2, 0.25) is 0 Å². The van der Waals surface area contributed by atoms with E-state index in [2.05, 4.69) is 0 Å². The first kappa shape index (κ1) is 34.4. The van der Waals surface area contributed by atoms with Crippen LogP contribution in [0.25, 0.3) is 0 Å². The Labute approximate surface area is 216 Å². The highest BCUT2D eigenvalue weighted by atomic mass is 32.2. The van der Waals surface area contributed by atoms with E-state index in [4.69, 9.17) is 0 Å². The Bertz CT molecular complexity index is 780. The summed E-state index contributed by atoms with van der Waals surface area (Å²) in [6.45, 7) is 11.9. The van der Waals surface area contributed by atoms with E-state index in [1.807, 2.05) is 41.5 Å². The van der Waals surface area contributed by atoms with E-state index in [1.165, 1.54) is 18.8 Å². The van der Waals surface area contributed by atoms with Gasteiger partial charge in [0.15, 0.2) is 29.5 Å². The largest absolute Gasteiger partial charge is 0.262 e. The Hall–Kier alpha value is 0.382. The van der Waals surface area contributed by atoms with E-state index < -0.39 is 59.4 Å². The van der Waals surface area contributed by atoms with Gasteiger partial charge in [-0.3, -0.25) is 0 Å². The topological polar surface area (TPSA) is 102 Å². The molecule has 0 fully saturated rings. The molecular formula is C24H51AlO6S3. The minimum absolute atomic E-state index is 0.0308. The molecule has 0 heterocycles. The third-order valence-electron chi connectivity index (χ3n) is 7.92. The van der Waals surface area contributed by atoms with Crippen molar-refractivity contribution in [3.63, 3.8) is 0 Å². The van der Waals surface area contributed by atoms with Crippen LogP contribution in [0.2, 0.25) is 15.8 Å². The molecule has 0 aromatic carbocycles. The molecule has 0 aliphatic heterocycles. The maximum absolute atomic E-state index is 12.5. The highest BCUT2D eigenvalue weighted by Gasteiger charge is 2.38. The van der Waals surface area contributed by atoms with Crippen LogP contribution >= 0.6 is 0 Å². The van der Waals surface area contributed by atoms with Crippen LogP contribution in [0.5, 0.6) is 0 Å². The van der Waals surface area contributed by atoms with E-state index >= 15 is 0 Å². The summed E-state index contributed by atoms with van der Waals surface area (Å²) in [5.74, 6) is 0.0925. The van der Waals surface area contributed by atoms with Crippen molar-refractivity contribution in [2.24, 2.45) is 17.8 Å². The molecule has 0 aliphatic rings. The second-order valence-corrected chi connectivity index (χ2v) is 20.3. The first-order valence-electron chi connectivity index (χ1n) is 13.1. The number of hydrogen-bond donors (Lipinski definition) is 0. The molecule has 0 spiro atoms. The molecule has 204 valence electrons. The fourth-order valence-electron chi connectivity index (χ4n) is 6.27. The zero-order valence-corrected chi connectivity index (χ0v) is 26.7. The lowest BCUT2D eigenvalue weighted by atomic mass is 10.0. The average Bonchev–Trinajstić information content (AvgIpc) is 2.69. The molecule has 0 radical (unpaired) electrons. The third-order valence-corrected chi connectivity index (χ3v) is 17.2. The highest BCUT2D eigenvalue weighted by molar-refractivity contribution is 7.91. The summed E-state index contributed by atoms with van der Waals surface area (Å²) < 4.78 is 75.2. The first-order chi connectivity index (χ1) is 15.5. The smallest absolute Gasteiger partial charge is 0.229 e. The molecule has 0 amide bonds. The Balaban J connectivity index is 6.31. The van der Waals surface area contributed by atoms with Gasteiger partial charge in [-0.25, -0.2) is 25.3 Å². The van der Waals surface area contributed by atoms with Gasteiger partial charge in [-0.05, 0) is 37.0 Å². The molecule has 6 unspecified atom stereocenters. The maximum atomic E-state index is 12.5. The van der Waals surface area contributed by atoms with Crippen LogP contribution in [0.15, 0.2) is 0 Å². The van der Waals surface area contributed by atoms with Gasteiger partial charge in [-0.2, -0.15) is 0 Å². The molecule has 10 heteroatoms. The lowest BCUT2D eigenvalue weighted by Gasteiger charge is -2.33. The Morgan fingerprint density at radius 1 is 0.441 bits per heavy atom. The Morgan fingerprint density at radius 3 is 0.765 bits per heavy atom. The molecule has 0 saturated heterocycles. The van der Waals surface area contributed by atoms with E-state index in [9.17, 15) is 25.3 Å². The number of rotatable bonds is 18. The van der Waals surface area contributed by atoms with Crippen molar-refractivity contribution >= 4 is 43.7 Å². The molecule has 0 rings (SSSR count). The van der Waals surface area contributed by atoms with Crippen molar-refractivity contribution in [1.29, 1.82) is 0 Å². The van der Waals surface area contributed by atoms with Gasteiger partial charge < -0.3 is 0 Å². The van der Waals surface area contributed by atoms with Gasteiger partial charge in [0.05, 0.1) is 15.7 Å². The predicted molar refractivity (Wildman–Crippen MR) is 148 cm³/mol. The zero-order valence-electron chi connectivity index (χ0n) is 23.1. The van der Waals surface area contributed by atoms with Crippen molar-refractivity contribution in [2.45, 2.75) is 112 Å². The summed E-state index contributed by atoms with van der Waals surface area (Å²) in [5.41, 5.74) is 0. The molecule has 0 saturated carbocycles. The van der Waals surface area contributed by atoms with Crippen LogP contribution in [0.3, 0.4) is 0 Å². The predicted octanol–water partition coefficient (Wildman–Crippen LogP) is 5.03. The molecule has 0 N–H and O–H groups in total. The van der Waals surface area contributed by atoms with Gasteiger partial charge in [-0.15, -0.1) is 0 Å². The Morgan fingerprint density at radius 2 is 0.647 bits per heavy atom. The van der Waals surface area contributed by atoms with Crippen molar-refractivity contribution in [2.75, 3.05) is 18.8 Å². The van der Waals surface area contributed by atoms with Gasteiger partial charge in [-0.1, -0.05) is 76.7 Å². The van der Waals surface area contributed by atoms with Gasteiger partial charge in [0.25, 0.3) is 14.1 Å². The molecule has 34 heavy (non-hydrogen) atoms. The molecular weight excluding hydrogens is 507 g/mol. The summed E-state index contributed by atoms with van der Waals surface area (Å²) in [6.07, 6.45) is 7.92. The average molecular weight is 559 g/mol. The van der Waals surface area contributed by atoms with Crippen molar-refractivity contribution < 1.29 is 25.3 Å². The quantitative estimate of drug-likeness (QED) is 0.219. The molecule has 6 nitrogen and oxygen atoms in total. The lowest BCUT2D eigenvalue weighted by Crippen LogP contribution is -2.38. The minimum Gasteiger partial charge on any atom is -0.229 e. The maximum Gasteiger partial charge on any atom is 0.262 e. The normalized spacial score (nSPS) is 18.6. The van der Waals surface area contributed by atoms with Gasteiger partial charge >= 0.3 is 0 Å². The van der Waals surface area contributed by atoms with Crippen LogP contribution in [-0.4, -0.2) is 73.9 Å². The van der Waals surface area contributed by atoms with E-state index in [0.717, 1.165) is 35.1 Å². The third kappa shape index (κ3) is 10.8. The van der Waals surface area contributed by atoms with Crippen LogP contribution in [0.1, 0.15) is 80.1 Å². The number of sulfone groups is 3. The van der Waals surface area contributed by atoms with E-state index in [0.29, 0.717) is 19.3 Å². The number of hydrogen-bond acceptors (Lipinski definition) is 6. The molecule has 0 bridgehead atoms. The van der Waals surface area contributed by atoms with Crippen molar-refractivity contribution in [1.82, 2.24) is 0 Å². The van der Waals surface area contributed by atoms with Crippen LogP contribution in [0.4, 0.5) is 0 Å². The minimum atomic E-state index is -3.20. The van der Waals surface area contributed by atoms with E-state index in [1.54, 1.807) is 0 Å². The summed E-state index contributed by atoms with van der Waals surface area (Å²) in [5, 5.41) is 1.24. The van der Waals surface area contributed by atoms with Crippen LogP contribution < -0.4 is 0 Å². The lowest BCUT2D eigenvalue weighted by molar-refractivity contribution is 0.455. The standard InChI is InChI=1S/3C8H17O2S.Al/c3*1-5-7(3)8(6-2)11(4,9)10;/h3*7-8H,3,5-6H2,1-2,4H3;. The second kappa shape index (κ2) is 15.0. The van der Waals surface area contributed by atoms with Crippen molar-refractivity contribution in [3.8, 4) is 0 Å². The fraction of sp³-hybridized carbons (Fsp3) is 1.00. The van der Waals surface area contributed by atoms with Gasteiger partial charge in [0.1, 0.15) is 0 Å². The SMILES string of the molecule is CCC([CH2][Al]([CH2]C(CC)C(CC)S(C)(=O)=O)[CH2]C(CC)C(CC)S(C)(=O)=O)C(CC)S(C)(=O)=O. The summed E-state index contributed by atoms with van der Waals surface area (Å²) in [6, 6.07) is 0. The molecule has 0 aliphatic carbocycles. The molecule has 0 aromatic rings. The van der Waals surface area contributed by atoms with E-state index in [-0.39, 0.29) is 17.8 Å². The molecule has 6 atom stereocenters. The van der Waals surface area contributed by atoms with Gasteiger partial charge in [0, 0.05) is 18.8 Å². The Kier molecular flexibility index (Phi) is 15.1. The first-order valence-corrected chi connectivity index (χ1v) is 21.4. The van der Waals surface area contributed by atoms with Crippen LogP contribution in [0, 0.1) is 17.8 Å². The summed E-state index contributed by atoms with van der Waals surface area (Å²) in [4.78, 5) is 0. The second-order valence-electron chi connectivity index (χ2n) is 10.4. The fourth-order valence-corrected chi connectivity index (χ4v) is 16.8. The molecule has 0 aromatic heterocycles. The summed E-state index contributed by atoms with van der Waals surface area (Å²) >= 11 is -1.68.